The normalized spacial score (nSPS) is 15.7. The number of benzene rings is 3. The Labute approximate surface area is 181 Å². The van der Waals surface area contributed by atoms with E-state index < -0.39 is 0 Å². The molecule has 0 aromatic heterocycles. The largest absolute Gasteiger partial charge is 0.507 e. The Balaban J connectivity index is 1.54. The standard InChI is InChI=1S/C27H28NOP/c1-20-10-8-14-23(19-28-24-15-6-3-7-16-24)27(20)30-25-17-9-13-22(26(25)29)18-21-11-4-2-5-12-21/h2-11,13-17,21,28-30H,12,18-19H2,1H3. The van der Waals surface area contributed by atoms with Crippen LogP contribution < -0.4 is 15.9 Å². The number of aryl methyl sites for hydroxylation is 1. The van der Waals surface area contributed by atoms with E-state index in [4.69, 9.17) is 0 Å². The summed E-state index contributed by atoms with van der Waals surface area (Å²) >= 11 is 0. The van der Waals surface area contributed by atoms with Crippen LogP contribution in [0.25, 0.3) is 0 Å². The average Bonchev–Trinajstić information content (AvgIpc) is 2.78. The Morgan fingerprint density at radius 3 is 2.53 bits per heavy atom. The lowest BCUT2D eigenvalue weighted by molar-refractivity contribution is 0.467. The van der Waals surface area contributed by atoms with E-state index in [9.17, 15) is 5.11 Å². The average molecular weight is 414 g/mol. The van der Waals surface area contributed by atoms with Crippen LogP contribution >= 0.6 is 8.58 Å². The van der Waals surface area contributed by atoms with Crippen molar-refractivity contribution in [1.29, 1.82) is 0 Å². The van der Waals surface area contributed by atoms with Gasteiger partial charge in [-0.3, -0.25) is 0 Å². The number of nitrogens with one attached hydrogen (secondary N) is 1. The van der Waals surface area contributed by atoms with Gasteiger partial charge in [0, 0.05) is 17.5 Å². The van der Waals surface area contributed by atoms with E-state index >= 15 is 0 Å². The highest BCUT2D eigenvalue weighted by atomic mass is 31.1. The highest BCUT2D eigenvalue weighted by Crippen LogP contribution is 2.28. The summed E-state index contributed by atoms with van der Waals surface area (Å²) in [7, 11) is 0.427. The number of aromatic hydroxyl groups is 1. The summed E-state index contributed by atoms with van der Waals surface area (Å²) in [6, 6.07) is 23.0. The molecular weight excluding hydrogens is 385 g/mol. The number of hydrogen-bond acceptors (Lipinski definition) is 2. The molecule has 2 atom stereocenters. The molecular formula is C27H28NOP. The first-order chi connectivity index (χ1) is 14.7. The molecule has 30 heavy (non-hydrogen) atoms. The van der Waals surface area contributed by atoms with Crippen molar-refractivity contribution in [2.45, 2.75) is 26.3 Å². The monoisotopic (exact) mass is 413 g/mol. The zero-order chi connectivity index (χ0) is 20.8. The second kappa shape index (κ2) is 9.78. The lowest BCUT2D eigenvalue weighted by atomic mass is 9.93. The third kappa shape index (κ3) is 5.01. The fourth-order valence-electron chi connectivity index (χ4n) is 3.87. The maximum Gasteiger partial charge on any atom is 0.126 e. The van der Waals surface area contributed by atoms with E-state index in [-0.39, 0.29) is 0 Å². The number of rotatable bonds is 7. The molecule has 3 aromatic rings. The van der Waals surface area contributed by atoms with Gasteiger partial charge in [-0.05, 0) is 59.8 Å². The predicted molar refractivity (Wildman–Crippen MR) is 131 cm³/mol. The van der Waals surface area contributed by atoms with Crippen molar-refractivity contribution in [2.24, 2.45) is 5.92 Å². The molecule has 3 heteroatoms. The lowest BCUT2D eigenvalue weighted by Gasteiger charge is -2.18. The summed E-state index contributed by atoms with van der Waals surface area (Å²) in [6.45, 7) is 2.93. The molecule has 0 saturated heterocycles. The fraction of sp³-hybridized carbons (Fsp3) is 0.185. The Kier molecular flexibility index (Phi) is 6.67. The highest BCUT2D eigenvalue weighted by molar-refractivity contribution is 7.56. The first kappa shape index (κ1) is 20.4. The zero-order valence-corrected chi connectivity index (χ0v) is 18.3. The third-order valence-corrected chi connectivity index (χ3v) is 7.18. The van der Waals surface area contributed by atoms with Crippen LogP contribution in [0.1, 0.15) is 23.1 Å². The minimum atomic E-state index is 0.427. The fourth-order valence-corrected chi connectivity index (χ4v) is 5.21. The summed E-state index contributed by atoms with van der Waals surface area (Å²) in [5.41, 5.74) is 4.71. The van der Waals surface area contributed by atoms with Crippen LogP contribution in [0.3, 0.4) is 0 Å². The number of allylic oxidation sites excluding steroid dienone is 4. The van der Waals surface area contributed by atoms with E-state index in [2.05, 4.69) is 85.1 Å². The number of anilines is 1. The molecule has 0 fully saturated rings. The van der Waals surface area contributed by atoms with Crippen LogP contribution in [0.15, 0.2) is 91.0 Å². The number of hydrogen-bond donors (Lipinski definition) is 2. The number of phenolic OH excluding ortho intramolecular Hbond substituents is 1. The van der Waals surface area contributed by atoms with Gasteiger partial charge in [0.15, 0.2) is 0 Å². The van der Waals surface area contributed by atoms with E-state index in [1.165, 1.54) is 16.4 Å². The van der Waals surface area contributed by atoms with Gasteiger partial charge in [-0.1, -0.05) is 87.5 Å². The van der Waals surface area contributed by atoms with Gasteiger partial charge in [-0.25, -0.2) is 0 Å². The summed E-state index contributed by atoms with van der Waals surface area (Å²) < 4.78 is 0. The van der Waals surface area contributed by atoms with Crippen LogP contribution in [0, 0.1) is 12.8 Å². The van der Waals surface area contributed by atoms with E-state index in [0.717, 1.165) is 35.9 Å². The molecule has 0 bridgehead atoms. The molecule has 0 amide bonds. The van der Waals surface area contributed by atoms with Crippen molar-refractivity contribution in [1.82, 2.24) is 0 Å². The molecule has 3 aromatic carbocycles. The van der Waals surface area contributed by atoms with Crippen molar-refractivity contribution >= 4 is 24.9 Å². The van der Waals surface area contributed by atoms with Gasteiger partial charge in [-0.2, -0.15) is 0 Å². The van der Waals surface area contributed by atoms with Crippen LogP contribution in [0.2, 0.25) is 0 Å². The molecule has 0 saturated carbocycles. The SMILES string of the molecule is Cc1cccc(CNc2ccccc2)c1Pc1cccc(CC2C=CC=CC2)c1O. The van der Waals surface area contributed by atoms with Gasteiger partial charge in [0.2, 0.25) is 0 Å². The Hall–Kier alpha value is -2.83. The molecule has 0 spiro atoms. The molecule has 0 aliphatic heterocycles. The minimum Gasteiger partial charge on any atom is -0.507 e. The Morgan fingerprint density at radius 1 is 0.933 bits per heavy atom. The summed E-state index contributed by atoms with van der Waals surface area (Å²) in [4.78, 5) is 0. The van der Waals surface area contributed by atoms with Crippen molar-refractivity contribution in [2.75, 3.05) is 5.32 Å². The Bertz CT molecular complexity index is 1060. The summed E-state index contributed by atoms with van der Waals surface area (Å²) in [5, 5.41) is 16.9. The molecule has 0 heterocycles. The first-order valence-corrected chi connectivity index (χ1v) is 11.5. The van der Waals surface area contributed by atoms with Gasteiger partial charge in [0.05, 0.1) is 0 Å². The molecule has 0 radical (unpaired) electrons. The van der Waals surface area contributed by atoms with Gasteiger partial charge < -0.3 is 10.4 Å². The van der Waals surface area contributed by atoms with Crippen LogP contribution in [-0.4, -0.2) is 5.11 Å². The lowest BCUT2D eigenvalue weighted by Crippen LogP contribution is -2.16. The van der Waals surface area contributed by atoms with Crippen molar-refractivity contribution in [3.63, 3.8) is 0 Å². The number of phenols is 1. The molecule has 2 unspecified atom stereocenters. The van der Waals surface area contributed by atoms with Crippen molar-refractivity contribution in [3.8, 4) is 5.75 Å². The van der Waals surface area contributed by atoms with Crippen LogP contribution in [0.4, 0.5) is 5.69 Å². The molecule has 1 aliphatic carbocycles. The van der Waals surface area contributed by atoms with Gasteiger partial charge in [0.25, 0.3) is 0 Å². The third-order valence-electron chi connectivity index (χ3n) is 5.55. The minimum absolute atomic E-state index is 0.427. The van der Waals surface area contributed by atoms with Gasteiger partial charge in [0.1, 0.15) is 5.75 Å². The summed E-state index contributed by atoms with van der Waals surface area (Å²) in [5.74, 6) is 0.924. The van der Waals surface area contributed by atoms with E-state index in [0.29, 0.717) is 20.2 Å². The van der Waals surface area contributed by atoms with Gasteiger partial charge in [-0.15, -0.1) is 0 Å². The van der Waals surface area contributed by atoms with Crippen LogP contribution in [-0.2, 0) is 13.0 Å². The number of para-hydroxylation sites is 2. The molecule has 1 aliphatic rings. The Morgan fingerprint density at radius 2 is 1.73 bits per heavy atom. The molecule has 152 valence electrons. The molecule has 2 N–H and O–H groups in total. The summed E-state index contributed by atoms with van der Waals surface area (Å²) in [6.07, 6.45) is 10.6. The van der Waals surface area contributed by atoms with Gasteiger partial charge >= 0.3 is 0 Å². The zero-order valence-electron chi connectivity index (χ0n) is 17.3. The maximum absolute atomic E-state index is 11.0. The van der Waals surface area contributed by atoms with E-state index in [1.54, 1.807) is 0 Å². The second-order valence-electron chi connectivity index (χ2n) is 7.78. The maximum atomic E-state index is 11.0. The van der Waals surface area contributed by atoms with Crippen LogP contribution in [0.5, 0.6) is 5.75 Å². The predicted octanol–water partition coefficient (Wildman–Crippen LogP) is 5.62. The smallest absolute Gasteiger partial charge is 0.126 e. The van der Waals surface area contributed by atoms with E-state index in [1.807, 2.05) is 18.2 Å². The van der Waals surface area contributed by atoms with Crippen molar-refractivity contribution < 1.29 is 5.11 Å². The quantitative estimate of drug-likeness (QED) is 0.493. The molecule has 2 nitrogen and oxygen atoms in total. The highest BCUT2D eigenvalue weighted by Gasteiger charge is 2.15. The topological polar surface area (TPSA) is 32.3 Å². The second-order valence-corrected chi connectivity index (χ2v) is 9.07. The first-order valence-electron chi connectivity index (χ1n) is 10.5. The van der Waals surface area contributed by atoms with Crippen molar-refractivity contribution in [3.05, 3.63) is 108 Å². The molecule has 4 rings (SSSR count).